The first kappa shape index (κ1) is 10.2. The Kier molecular flexibility index (Phi) is 3.06. The molecule has 0 aromatic carbocycles. The molecule has 0 spiro atoms. The fourth-order valence-corrected chi connectivity index (χ4v) is 1.85. The molecule has 0 radical (unpaired) electrons. The molecular formula is C11H15NO3. The summed E-state index contributed by atoms with van der Waals surface area (Å²) in [5.41, 5.74) is 1.14. The Morgan fingerprint density at radius 1 is 1.47 bits per heavy atom. The quantitative estimate of drug-likeness (QED) is 0.733. The van der Waals surface area contributed by atoms with Crippen LogP contribution in [-0.2, 0) is 9.53 Å². The zero-order valence-electron chi connectivity index (χ0n) is 8.56. The zero-order valence-corrected chi connectivity index (χ0v) is 8.56. The summed E-state index contributed by atoms with van der Waals surface area (Å²) >= 11 is 0. The van der Waals surface area contributed by atoms with Crippen molar-refractivity contribution >= 4 is 5.97 Å². The molecule has 2 rings (SSSR count). The summed E-state index contributed by atoms with van der Waals surface area (Å²) in [4.78, 5) is 13.0. The Morgan fingerprint density at radius 3 is 2.73 bits per heavy atom. The molecule has 1 fully saturated rings. The second-order valence-electron chi connectivity index (χ2n) is 3.77. The van der Waals surface area contributed by atoms with Crippen LogP contribution in [0.5, 0.6) is 0 Å². The number of aliphatic carboxylic acids is 1. The number of nitrogens with zero attached hydrogens (tertiary/aromatic N) is 1. The van der Waals surface area contributed by atoms with E-state index in [0.29, 0.717) is 6.42 Å². The molecule has 1 aliphatic carbocycles. The summed E-state index contributed by atoms with van der Waals surface area (Å²) in [6, 6.07) is 0. The van der Waals surface area contributed by atoms with Gasteiger partial charge >= 0.3 is 5.97 Å². The van der Waals surface area contributed by atoms with E-state index in [9.17, 15) is 4.79 Å². The number of carbonyl (C=O) groups is 1. The Balaban J connectivity index is 1.95. The SMILES string of the molecule is O=C(O)C1C=CC(N2CCOCC2)=CC1. The lowest BCUT2D eigenvalue weighted by molar-refractivity contribution is -0.140. The lowest BCUT2D eigenvalue weighted by Crippen LogP contribution is -2.35. The average molecular weight is 209 g/mol. The molecule has 1 N–H and O–H groups in total. The fraction of sp³-hybridized carbons (Fsp3) is 0.545. The summed E-state index contributed by atoms with van der Waals surface area (Å²) in [7, 11) is 0. The third-order valence-corrected chi connectivity index (χ3v) is 2.77. The second-order valence-corrected chi connectivity index (χ2v) is 3.77. The van der Waals surface area contributed by atoms with Crippen molar-refractivity contribution in [3.8, 4) is 0 Å². The first-order valence-corrected chi connectivity index (χ1v) is 5.21. The van der Waals surface area contributed by atoms with E-state index < -0.39 is 5.97 Å². The number of carboxylic acids is 1. The number of rotatable bonds is 2. The van der Waals surface area contributed by atoms with E-state index in [0.717, 1.165) is 32.0 Å². The van der Waals surface area contributed by atoms with Gasteiger partial charge in [-0.15, -0.1) is 0 Å². The molecule has 15 heavy (non-hydrogen) atoms. The van der Waals surface area contributed by atoms with Crippen LogP contribution in [0.3, 0.4) is 0 Å². The van der Waals surface area contributed by atoms with E-state index in [1.54, 1.807) is 6.08 Å². The van der Waals surface area contributed by atoms with Gasteiger partial charge in [-0.25, -0.2) is 0 Å². The Labute approximate surface area is 88.8 Å². The predicted molar refractivity (Wildman–Crippen MR) is 55.4 cm³/mol. The molecule has 4 heteroatoms. The molecule has 82 valence electrons. The van der Waals surface area contributed by atoms with Gasteiger partial charge in [-0.3, -0.25) is 4.79 Å². The zero-order chi connectivity index (χ0) is 10.7. The molecule has 1 unspecified atom stereocenters. The number of allylic oxidation sites excluding steroid dienone is 2. The number of hydrogen-bond acceptors (Lipinski definition) is 3. The highest BCUT2D eigenvalue weighted by Crippen LogP contribution is 2.19. The van der Waals surface area contributed by atoms with Crippen molar-refractivity contribution < 1.29 is 14.6 Å². The van der Waals surface area contributed by atoms with Gasteiger partial charge in [-0.05, 0) is 12.5 Å². The van der Waals surface area contributed by atoms with E-state index in [4.69, 9.17) is 9.84 Å². The first-order chi connectivity index (χ1) is 7.27. The van der Waals surface area contributed by atoms with Crippen molar-refractivity contribution in [2.24, 2.45) is 5.92 Å². The highest BCUT2D eigenvalue weighted by molar-refractivity contribution is 5.73. The number of morpholine rings is 1. The normalized spacial score (nSPS) is 26.3. The van der Waals surface area contributed by atoms with Crippen LogP contribution in [0, 0.1) is 5.92 Å². The minimum Gasteiger partial charge on any atom is -0.481 e. The minimum absolute atomic E-state index is 0.352. The maximum atomic E-state index is 10.7. The van der Waals surface area contributed by atoms with Gasteiger partial charge in [-0.1, -0.05) is 12.2 Å². The van der Waals surface area contributed by atoms with E-state index in [1.807, 2.05) is 12.2 Å². The number of carboxylic acid groups (broad SMARTS) is 1. The molecule has 4 nitrogen and oxygen atoms in total. The molecule has 0 aromatic rings. The van der Waals surface area contributed by atoms with Gasteiger partial charge in [0.2, 0.25) is 0 Å². The van der Waals surface area contributed by atoms with Crippen molar-refractivity contribution in [3.63, 3.8) is 0 Å². The van der Waals surface area contributed by atoms with Crippen LogP contribution in [0.4, 0.5) is 0 Å². The maximum Gasteiger partial charge on any atom is 0.310 e. The van der Waals surface area contributed by atoms with Crippen molar-refractivity contribution in [1.82, 2.24) is 4.90 Å². The number of hydrogen-bond donors (Lipinski definition) is 1. The summed E-state index contributed by atoms with van der Waals surface area (Å²) in [6.45, 7) is 3.31. The first-order valence-electron chi connectivity index (χ1n) is 5.21. The van der Waals surface area contributed by atoms with Gasteiger partial charge in [0.25, 0.3) is 0 Å². The van der Waals surface area contributed by atoms with E-state index >= 15 is 0 Å². The molecule has 1 aliphatic heterocycles. The van der Waals surface area contributed by atoms with Gasteiger partial charge in [0, 0.05) is 18.8 Å². The van der Waals surface area contributed by atoms with Crippen LogP contribution < -0.4 is 0 Å². The van der Waals surface area contributed by atoms with Crippen molar-refractivity contribution in [2.45, 2.75) is 6.42 Å². The molecule has 2 aliphatic rings. The number of ether oxygens (including phenoxy) is 1. The van der Waals surface area contributed by atoms with Gasteiger partial charge in [0.1, 0.15) is 0 Å². The van der Waals surface area contributed by atoms with E-state index in [1.165, 1.54) is 0 Å². The molecule has 1 atom stereocenters. The molecule has 0 aromatic heterocycles. The highest BCUT2D eigenvalue weighted by Gasteiger charge is 2.19. The summed E-state index contributed by atoms with van der Waals surface area (Å²) < 4.78 is 5.26. The maximum absolute atomic E-state index is 10.7. The van der Waals surface area contributed by atoms with Crippen LogP contribution in [0.2, 0.25) is 0 Å². The Morgan fingerprint density at radius 2 is 2.20 bits per heavy atom. The van der Waals surface area contributed by atoms with Crippen LogP contribution >= 0.6 is 0 Å². The topological polar surface area (TPSA) is 49.8 Å². The van der Waals surface area contributed by atoms with Gasteiger partial charge < -0.3 is 14.7 Å². The predicted octanol–water partition coefficient (Wildman–Crippen LogP) is 0.863. The summed E-state index contributed by atoms with van der Waals surface area (Å²) in [5.74, 6) is -1.10. The Hall–Kier alpha value is -1.29. The fourth-order valence-electron chi connectivity index (χ4n) is 1.85. The van der Waals surface area contributed by atoms with E-state index in [-0.39, 0.29) is 5.92 Å². The lowest BCUT2D eigenvalue weighted by Gasteiger charge is -2.31. The third kappa shape index (κ3) is 2.39. The molecule has 0 bridgehead atoms. The smallest absolute Gasteiger partial charge is 0.310 e. The second kappa shape index (κ2) is 4.49. The van der Waals surface area contributed by atoms with Crippen LogP contribution in [0.25, 0.3) is 0 Å². The molecule has 0 amide bonds. The summed E-state index contributed by atoms with van der Waals surface area (Å²) in [6.07, 6.45) is 6.28. The third-order valence-electron chi connectivity index (χ3n) is 2.77. The van der Waals surface area contributed by atoms with Crippen molar-refractivity contribution in [3.05, 3.63) is 23.9 Å². The van der Waals surface area contributed by atoms with Crippen molar-refractivity contribution in [1.29, 1.82) is 0 Å². The lowest BCUT2D eigenvalue weighted by atomic mass is 9.99. The van der Waals surface area contributed by atoms with Gasteiger partial charge in [-0.2, -0.15) is 0 Å². The molecule has 1 saturated heterocycles. The van der Waals surface area contributed by atoms with Crippen LogP contribution in [0.1, 0.15) is 6.42 Å². The standard InChI is InChI=1S/C11H15NO3/c13-11(14)9-1-3-10(4-2-9)12-5-7-15-8-6-12/h1,3-4,9H,2,5-8H2,(H,13,14). The minimum atomic E-state index is -0.747. The monoisotopic (exact) mass is 209 g/mol. The molecule has 0 saturated carbocycles. The largest absolute Gasteiger partial charge is 0.481 e. The van der Waals surface area contributed by atoms with Crippen LogP contribution in [0.15, 0.2) is 23.9 Å². The molecular weight excluding hydrogens is 194 g/mol. The Bertz CT molecular complexity index is 303. The highest BCUT2D eigenvalue weighted by atomic mass is 16.5. The van der Waals surface area contributed by atoms with Crippen LogP contribution in [-0.4, -0.2) is 42.3 Å². The van der Waals surface area contributed by atoms with E-state index in [2.05, 4.69) is 4.90 Å². The summed E-state index contributed by atoms with van der Waals surface area (Å²) in [5, 5.41) is 8.82. The average Bonchev–Trinajstić information content (AvgIpc) is 2.30. The van der Waals surface area contributed by atoms with Crippen molar-refractivity contribution in [2.75, 3.05) is 26.3 Å². The van der Waals surface area contributed by atoms with Gasteiger partial charge in [0.05, 0.1) is 19.1 Å². The van der Waals surface area contributed by atoms with Gasteiger partial charge in [0.15, 0.2) is 0 Å². The molecule has 1 heterocycles.